The molecule has 28 heavy (non-hydrogen) atoms. The van der Waals surface area contributed by atoms with Crippen LogP contribution in [0, 0.1) is 6.92 Å². The second-order valence-corrected chi connectivity index (χ2v) is 8.22. The van der Waals surface area contributed by atoms with Crippen LogP contribution in [0.4, 0.5) is 0 Å². The Labute approximate surface area is 166 Å². The molecule has 0 saturated carbocycles. The van der Waals surface area contributed by atoms with Crippen LogP contribution in [0.2, 0.25) is 0 Å². The molecule has 152 valence electrons. The van der Waals surface area contributed by atoms with Crippen molar-refractivity contribution < 1.29 is 19.1 Å². The maximum atomic E-state index is 12.8. The molecular weight excluding hydrogens is 356 g/mol. The molecule has 2 aromatic rings. The first-order chi connectivity index (χ1) is 13.3. The normalized spacial score (nSPS) is 15.7. The number of nitrogens with zero attached hydrogens (tertiary/aromatic N) is 2. The average Bonchev–Trinajstić information content (AvgIpc) is 3.01. The molecule has 1 aliphatic rings. The van der Waals surface area contributed by atoms with E-state index in [0.29, 0.717) is 25.4 Å². The molecule has 2 heterocycles. The van der Waals surface area contributed by atoms with Gasteiger partial charge in [-0.1, -0.05) is 13.8 Å². The Balaban J connectivity index is 1.66. The molecule has 1 saturated heterocycles. The van der Waals surface area contributed by atoms with Gasteiger partial charge >= 0.3 is 5.97 Å². The molecule has 3 rings (SSSR count). The highest BCUT2D eigenvalue weighted by molar-refractivity contribution is 5.88. The molecule has 1 aliphatic heterocycles. The van der Waals surface area contributed by atoms with E-state index < -0.39 is 5.97 Å². The van der Waals surface area contributed by atoms with E-state index in [1.54, 1.807) is 6.26 Å². The van der Waals surface area contributed by atoms with E-state index in [9.17, 15) is 9.59 Å². The van der Waals surface area contributed by atoms with Gasteiger partial charge in [0.25, 0.3) is 0 Å². The Hall–Kier alpha value is -2.34. The van der Waals surface area contributed by atoms with Gasteiger partial charge in [0.2, 0.25) is 5.91 Å². The summed E-state index contributed by atoms with van der Waals surface area (Å²) in [6.45, 7) is 7.80. The highest BCUT2D eigenvalue weighted by Gasteiger charge is 2.26. The highest BCUT2D eigenvalue weighted by Crippen LogP contribution is 2.29. The van der Waals surface area contributed by atoms with Gasteiger partial charge in [-0.15, -0.1) is 0 Å². The standard InChI is InChI=1S/C22H30N2O4/c1-14(2)18-11-19-16(13-28-20(19)9-15(18)3)10-21(25)24-7-5-17(6-8-24)23(4)12-22(26)27/h9,11,13-14,17H,5-8,10,12H2,1-4H3,(H,26,27). The summed E-state index contributed by atoms with van der Waals surface area (Å²) in [5.41, 5.74) is 4.26. The fourth-order valence-corrected chi connectivity index (χ4v) is 4.18. The van der Waals surface area contributed by atoms with Gasteiger partial charge in [0.05, 0.1) is 19.2 Å². The van der Waals surface area contributed by atoms with Gasteiger partial charge in [-0.3, -0.25) is 14.5 Å². The topological polar surface area (TPSA) is 74.0 Å². The average molecular weight is 386 g/mol. The van der Waals surface area contributed by atoms with E-state index in [1.807, 2.05) is 16.8 Å². The number of likely N-dealkylation sites (N-methyl/N-ethyl adjacent to an activating group) is 1. The zero-order chi connectivity index (χ0) is 20.4. The number of fused-ring (bicyclic) bond motifs is 1. The number of furan rings is 1. The van der Waals surface area contributed by atoms with E-state index in [-0.39, 0.29) is 18.5 Å². The van der Waals surface area contributed by atoms with Crippen LogP contribution >= 0.6 is 0 Å². The molecule has 6 nitrogen and oxygen atoms in total. The maximum absolute atomic E-state index is 12.8. The summed E-state index contributed by atoms with van der Waals surface area (Å²) in [7, 11) is 1.84. The number of carboxylic acids is 1. The SMILES string of the molecule is Cc1cc2occ(CC(=O)N3CCC(N(C)CC(=O)O)CC3)c2cc1C(C)C. The second-order valence-electron chi connectivity index (χ2n) is 8.22. The summed E-state index contributed by atoms with van der Waals surface area (Å²) in [4.78, 5) is 27.5. The molecule has 0 spiro atoms. The molecule has 6 heteroatoms. The highest BCUT2D eigenvalue weighted by atomic mass is 16.4. The van der Waals surface area contributed by atoms with Gasteiger partial charge in [0.15, 0.2) is 0 Å². The molecule has 1 amide bonds. The third-order valence-electron chi connectivity index (χ3n) is 5.83. The van der Waals surface area contributed by atoms with Crippen molar-refractivity contribution in [2.24, 2.45) is 0 Å². The molecule has 0 aliphatic carbocycles. The smallest absolute Gasteiger partial charge is 0.317 e. The van der Waals surface area contributed by atoms with Crippen LogP contribution in [-0.2, 0) is 16.0 Å². The Bertz CT molecular complexity index is 863. The van der Waals surface area contributed by atoms with Gasteiger partial charge < -0.3 is 14.4 Å². The van der Waals surface area contributed by atoms with Crippen molar-refractivity contribution in [2.75, 3.05) is 26.7 Å². The predicted octanol–water partition coefficient (Wildman–Crippen LogP) is 3.41. The molecule has 0 bridgehead atoms. The van der Waals surface area contributed by atoms with Crippen molar-refractivity contribution in [1.82, 2.24) is 9.80 Å². The van der Waals surface area contributed by atoms with Crippen LogP contribution in [0.1, 0.15) is 49.3 Å². The lowest BCUT2D eigenvalue weighted by atomic mass is 9.95. The van der Waals surface area contributed by atoms with E-state index >= 15 is 0 Å². The summed E-state index contributed by atoms with van der Waals surface area (Å²) >= 11 is 0. The van der Waals surface area contributed by atoms with Crippen LogP contribution in [0.5, 0.6) is 0 Å². The molecule has 1 N–H and O–H groups in total. The Morgan fingerprint density at radius 1 is 1.29 bits per heavy atom. The van der Waals surface area contributed by atoms with Gasteiger partial charge in [0.1, 0.15) is 5.58 Å². The number of aliphatic carboxylic acids is 1. The van der Waals surface area contributed by atoms with Gasteiger partial charge in [-0.25, -0.2) is 0 Å². The third-order valence-corrected chi connectivity index (χ3v) is 5.83. The van der Waals surface area contributed by atoms with E-state index in [4.69, 9.17) is 9.52 Å². The first-order valence-electron chi connectivity index (χ1n) is 9.96. The minimum atomic E-state index is -0.816. The minimum absolute atomic E-state index is 0.0389. The summed E-state index contributed by atoms with van der Waals surface area (Å²) in [5.74, 6) is -0.290. The molecule has 0 atom stereocenters. The molecule has 1 aromatic heterocycles. The zero-order valence-electron chi connectivity index (χ0n) is 17.2. The Morgan fingerprint density at radius 2 is 1.96 bits per heavy atom. The number of likely N-dealkylation sites (tertiary alicyclic amines) is 1. The van der Waals surface area contributed by atoms with Crippen molar-refractivity contribution >= 4 is 22.8 Å². The molecule has 1 fully saturated rings. The van der Waals surface area contributed by atoms with E-state index in [0.717, 1.165) is 29.4 Å². The quantitative estimate of drug-likeness (QED) is 0.823. The minimum Gasteiger partial charge on any atom is -0.480 e. The third kappa shape index (κ3) is 4.38. The largest absolute Gasteiger partial charge is 0.480 e. The van der Waals surface area contributed by atoms with Crippen LogP contribution in [0.25, 0.3) is 11.0 Å². The zero-order valence-corrected chi connectivity index (χ0v) is 17.2. The lowest BCUT2D eigenvalue weighted by Crippen LogP contribution is -2.47. The first-order valence-corrected chi connectivity index (χ1v) is 9.96. The fourth-order valence-electron chi connectivity index (χ4n) is 4.18. The Kier molecular flexibility index (Phi) is 6.08. The summed E-state index contributed by atoms with van der Waals surface area (Å²) in [5, 5.41) is 9.97. The number of hydrogen-bond donors (Lipinski definition) is 1. The van der Waals surface area contributed by atoms with Gasteiger partial charge in [0, 0.05) is 30.1 Å². The maximum Gasteiger partial charge on any atom is 0.317 e. The van der Waals surface area contributed by atoms with Crippen LogP contribution in [0.15, 0.2) is 22.8 Å². The van der Waals surface area contributed by atoms with Gasteiger partial charge in [-0.05, 0) is 56.0 Å². The van der Waals surface area contributed by atoms with E-state index in [2.05, 4.69) is 32.9 Å². The molecule has 1 aromatic carbocycles. The van der Waals surface area contributed by atoms with Gasteiger partial charge in [-0.2, -0.15) is 0 Å². The van der Waals surface area contributed by atoms with E-state index in [1.165, 1.54) is 11.1 Å². The number of amides is 1. The summed E-state index contributed by atoms with van der Waals surface area (Å²) in [6, 6.07) is 4.43. The lowest BCUT2D eigenvalue weighted by Gasteiger charge is -2.36. The Morgan fingerprint density at radius 3 is 2.57 bits per heavy atom. The fraction of sp³-hybridized carbons (Fsp3) is 0.545. The van der Waals surface area contributed by atoms with Crippen LogP contribution in [-0.4, -0.2) is 59.5 Å². The number of aryl methyl sites for hydroxylation is 1. The van der Waals surface area contributed by atoms with Crippen molar-refractivity contribution in [3.05, 3.63) is 35.1 Å². The van der Waals surface area contributed by atoms with Crippen molar-refractivity contribution in [3.63, 3.8) is 0 Å². The number of benzene rings is 1. The molecular formula is C22H30N2O4. The first kappa shape index (κ1) is 20.4. The van der Waals surface area contributed by atoms with Crippen LogP contribution in [0.3, 0.4) is 0 Å². The second kappa shape index (κ2) is 8.35. The van der Waals surface area contributed by atoms with Crippen molar-refractivity contribution in [1.29, 1.82) is 0 Å². The number of piperidine rings is 1. The molecule has 0 unspecified atom stereocenters. The number of rotatable bonds is 6. The number of hydrogen-bond acceptors (Lipinski definition) is 4. The lowest BCUT2D eigenvalue weighted by molar-refractivity contribution is -0.139. The summed E-state index contributed by atoms with van der Waals surface area (Å²) < 4.78 is 5.71. The number of carboxylic acid groups (broad SMARTS) is 1. The number of carbonyl (C=O) groups excluding carboxylic acids is 1. The van der Waals surface area contributed by atoms with Crippen LogP contribution < -0.4 is 0 Å². The number of carbonyl (C=O) groups is 2. The van der Waals surface area contributed by atoms with Crippen molar-refractivity contribution in [2.45, 2.75) is 52.0 Å². The predicted molar refractivity (Wildman–Crippen MR) is 109 cm³/mol. The molecule has 0 radical (unpaired) electrons. The van der Waals surface area contributed by atoms with Crippen molar-refractivity contribution in [3.8, 4) is 0 Å². The summed E-state index contributed by atoms with van der Waals surface area (Å²) in [6.07, 6.45) is 3.65. The monoisotopic (exact) mass is 386 g/mol.